The van der Waals surface area contributed by atoms with Crippen LogP contribution in [0.3, 0.4) is 0 Å². The molecule has 0 atom stereocenters. The molecule has 3 aromatic rings. The Hall–Kier alpha value is -3.99. The van der Waals surface area contributed by atoms with Gasteiger partial charge in [-0.3, -0.25) is 9.69 Å². The second-order valence-corrected chi connectivity index (χ2v) is 12.0. The molecule has 0 saturated heterocycles. The molecule has 11 heteroatoms. The van der Waals surface area contributed by atoms with Crippen molar-refractivity contribution < 1.29 is 32.5 Å². The summed E-state index contributed by atoms with van der Waals surface area (Å²) in [5, 5.41) is 11.5. The van der Waals surface area contributed by atoms with Crippen molar-refractivity contribution in [3.8, 4) is 28.4 Å². The molecule has 0 unspecified atom stereocenters. The van der Waals surface area contributed by atoms with Gasteiger partial charge in [-0.1, -0.05) is 19.4 Å². The molecule has 0 saturated carbocycles. The number of nitrogens with one attached hydrogen (secondary N) is 1. The number of methoxy groups -OCH3 is 2. The summed E-state index contributed by atoms with van der Waals surface area (Å²) in [6.07, 6.45) is 1.24. The SMILES string of the molecule is CCCCc1[nH]c(=O)c(S(=O)(=O)c2ccc(N(C)C(=O)OC(C)(C)C)cc2)c(O)c1-c1c(OC)cccc1OC. The third-order valence-corrected chi connectivity index (χ3v) is 7.96. The van der Waals surface area contributed by atoms with E-state index >= 15 is 0 Å². The molecule has 10 nitrogen and oxygen atoms in total. The Morgan fingerprint density at radius 3 is 2.08 bits per heavy atom. The number of sulfone groups is 1. The molecule has 0 fully saturated rings. The summed E-state index contributed by atoms with van der Waals surface area (Å²) < 4.78 is 43.9. The van der Waals surface area contributed by atoms with E-state index in [2.05, 4.69) is 4.98 Å². The first-order valence-corrected chi connectivity index (χ1v) is 14.3. The van der Waals surface area contributed by atoms with E-state index in [0.29, 0.717) is 41.3 Å². The van der Waals surface area contributed by atoms with Crippen molar-refractivity contribution in [2.45, 2.75) is 62.3 Å². The molecule has 0 aliphatic heterocycles. The highest BCUT2D eigenvalue weighted by Gasteiger charge is 2.32. The van der Waals surface area contributed by atoms with E-state index in [4.69, 9.17) is 14.2 Å². The second-order valence-electron chi connectivity index (χ2n) is 10.2. The Morgan fingerprint density at radius 2 is 1.57 bits per heavy atom. The molecule has 0 radical (unpaired) electrons. The number of rotatable bonds is 9. The molecule has 2 aromatic carbocycles. The van der Waals surface area contributed by atoms with Crippen LogP contribution in [0.2, 0.25) is 0 Å². The fraction of sp³-hybridized carbons (Fsp3) is 0.379. The lowest BCUT2D eigenvalue weighted by atomic mass is 9.98. The minimum absolute atomic E-state index is 0.113. The van der Waals surface area contributed by atoms with Gasteiger partial charge >= 0.3 is 6.09 Å². The Morgan fingerprint density at radius 1 is 1.00 bits per heavy atom. The van der Waals surface area contributed by atoms with E-state index in [9.17, 15) is 23.1 Å². The van der Waals surface area contributed by atoms with Crippen LogP contribution in [-0.4, -0.2) is 51.5 Å². The summed E-state index contributed by atoms with van der Waals surface area (Å²) in [6.45, 7) is 7.19. The van der Waals surface area contributed by atoms with Gasteiger partial charge in [0.25, 0.3) is 5.56 Å². The molecule has 2 N–H and O–H groups in total. The zero-order chi connectivity index (χ0) is 29.8. The molecule has 1 amide bonds. The van der Waals surface area contributed by atoms with Gasteiger partial charge in [0.05, 0.1) is 30.2 Å². The highest BCUT2D eigenvalue weighted by molar-refractivity contribution is 7.91. The molecule has 0 aliphatic rings. The second kappa shape index (κ2) is 12.0. The number of hydrogen-bond acceptors (Lipinski definition) is 8. The summed E-state index contributed by atoms with van der Waals surface area (Å²) in [5.41, 5.74) is -0.490. The summed E-state index contributed by atoms with van der Waals surface area (Å²) in [7, 11) is -0.123. The third kappa shape index (κ3) is 6.25. The highest BCUT2D eigenvalue weighted by atomic mass is 32.2. The van der Waals surface area contributed by atoms with E-state index in [1.807, 2.05) is 6.92 Å². The number of aromatic amines is 1. The van der Waals surface area contributed by atoms with Gasteiger partial charge in [-0.2, -0.15) is 0 Å². The Labute approximate surface area is 234 Å². The van der Waals surface area contributed by atoms with Crippen molar-refractivity contribution in [1.29, 1.82) is 0 Å². The zero-order valence-corrected chi connectivity index (χ0v) is 24.6. The number of benzene rings is 2. The quantitative estimate of drug-likeness (QED) is 0.352. The first kappa shape index (κ1) is 30.6. The van der Waals surface area contributed by atoms with Crippen LogP contribution in [0.1, 0.15) is 46.2 Å². The third-order valence-electron chi connectivity index (χ3n) is 6.15. The largest absolute Gasteiger partial charge is 0.506 e. The number of amides is 1. The molecule has 216 valence electrons. The first-order chi connectivity index (χ1) is 18.8. The predicted molar refractivity (Wildman–Crippen MR) is 152 cm³/mol. The average Bonchev–Trinajstić information content (AvgIpc) is 2.90. The number of H-pyrrole nitrogens is 1. The minimum Gasteiger partial charge on any atom is -0.506 e. The number of pyridine rings is 1. The molecule has 1 aromatic heterocycles. The smallest absolute Gasteiger partial charge is 0.414 e. The van der Waals surface area contributed by atoms with Gasteiger partial charge in [0.15, 0.2) is 4.90 Å². The van der Waals surface area contributed by atoms with Crippen LogP contribution in [0.5, 0.6) is 17.2 Å². The van der Waals surface area contributed by atoms with Gasteiger partial charge in [0, 0.05) is 18.4 Å². The number of ether oxygens (including phenoxy) is 3. The van der Waals surface area contributed by atoms with E-state index in [1.54, 1.807) is 39.0 Å². The van der Waals surface area contributed by atoms with Crippen molar-refractivity contribution in [3.63, 3.8) is 0 Å². The van der Waals surface area contributed by atoms with Crippen LogP contribution in [0.15, 0.2) is 57.1 Å². The van der Waals surface area contributed by atoms with Gasteiger partial charge in [0.2, 0.25) is 9.84 Å². The maximum absolute atomic E-state index is 13.7. The lowest BCUT2D eigenvalue weighted by Crippen LogP contribution is -2.34. The number of anilines is 1. The lowest BCUT2D eigenvalue weighted by Gasteiger charge is -2.24. The number of nitrogens with zero attached hydrogens (tertiary/aromatic N) is 1. The Kier molecular flexibility index (Phi) is 9.19. The lowest BCUT2D eigenvalue weighted by molar-refractivity contribution is 0.0589. The summed E-state index contributed by atoms with van der Waals surface area (Å²) in [5.74, 6) is -0.0396. The predicted octanol–water partition coefficient (Wildman–Crippen LogP) is 5.31. The minimum atomic E-state index is -4.51. The zero-order valence-electron chi connectivity index (χ0n) is 23.8. The fourth-order valence-electron chi connectivity index (χ4n) is 4.18. The fourth-order valence-corrected chi connectivity index (χ4v) is 5.56. The van der Waals surface area contributed by atoms with Crippen molar-refractivity contribution >= 4 is 21.6 Å². The topological polar surface area (TPSA) is 135 Å². The number of hydrogen-bond donors (Lipinski definition) is 2. The maximum Gasteiger partial charge on any atom is 0.414 e. The molecule has 3 rings (SSSR count). The van der Waals surface area contributed by atoms with Gasteiger partial charge in [0.1, 0.15) is 22.8 Å². The van der Waals surface area contributed by atoms with Gasteiger partial charge in [-0.25, -0.2) is 13.2 Å². The Bertz CT molecular complexity index is 1520. The van der Waals surface area contributed by atoms with E-state index < -0.39 is 37.7 Å². The Balaban J connectivity index is 2.19. The van der Waals surface area contributed by atoms with Crippen LogP contribution in [-0.2, 0) is 21.0 Å². The molecule has 0 aliphatic carbocycles. The van der Waals surface area contributed by atoms with E-state index in [1.165, 1.54) is 50.4 Å². The standard InChI is InChI=1S/C29H36N2O8S/c1-8-9-11-20-23(24-21(37-6)12-10-13-22(24)38-7)25(32)26(27(33)30-20)40(35,36)19-16-14-18(15-17-19)31(5)28(34)39-29(2,3)4/h10,12-17H,8-9,11H2,1-7H3,(H2,30,32,33). The van der Waals surface area contributed by atoms with E-state index in [0.717, 1.165) is 6.42 Å². The summed E-state index contributed by atoms with van der Waals surface area (Å²) in [6, 6.07) is 10.4. The van der Waals surface area contributed by atoms with Crippen molar-refractivity contribution in [3.05, 3.63) is 58.5 Å². The number of carbonyl (C=O) groups is 1. The molecule has 0 bridgehead atoms. The number of aromatic hydroxyl groups is 1. The highest BCUT2D eigenvalue weighted by Crippen LogP contribution is 2.46. The van der Waals surface area contributed by atoms with Crippen LogP contribution in [0.4, 0.5) is 10.5 Å². The number of carbonyl (C=O) groups excluding carboxylic acids is 1. The maximum atomic E-state index is 13.7. The van der Waals surface area contributed by atoms with Crippen LogP contribution >= 0.6 is 0 Å². The molecule has 1 heterocycles. The van der Waals surface area contributed by atoms with Crippen LogP contribution < -0.4 is 19.9 Å². The molecule has 40 heavy (non-hydrogen) atoms. The first-order valence-electron chi connectivity index (χ1n) is 12.8. The van der Waals surface area contributed by atoms with Gasteiger partial charge < -0.3 is 24.3 Å². The molecular formula is C29H36N2O8S. The van der Waals surface area contributed by atoms with Crippen molar-refractivity contribution in [1.82, 2.24) is 4.98 Å². The normalized spacial score (nSPS) is 11.7. The van der Waals surface area contributed by atoms with Crippen LogP contribution in [0, 0.1) is 0 Å². The summed E-state index contributed by atoms with van der Waals surface area (Å²) in [4.78, 5) is 28.5. The van der Waals surface area contributed by atoms with Gasteiger partial charge in [-0.05, 0) is 70.0 Å². The van der Waals surface area contributed by atoms with Crippen molar-refractivity contribution in [2.75, 3.05) is 26.2 Å². The average molecular weight is 573 g/mol. The number of aromatic nitrogens is 1. The molecule has 0 spiro atoms. The van der Waals surface area contributed by atoms with Crippen molar-refractivity contribution in [2.24, 2.45) is 0 Å². The van der Waals surface area contributed by atoms with E-state index in [-0.39, 0.29) is 10.5 Å². The summed E-state index contributed by atoms with van der Waals surface area (Å²) >= 11 is 0. The number of unbranched alkanes of at least 4 members (excludes halogenated alkanes) is 1. The monoisotopic (exact) mass is 572 g/mol. The number of aryl methyl sites for hydroxylation is 1. The molecular weight excluding hydrogens is 536 g/mol. The van der Waals surface area contributed by atoms with Gasteiger partial charge in [-0.15, -0.1) is 0 Å². The van der Waals surface area contributed by atoms with Crippen LogP contribution in [0.25, 0.3) is 11.1 Å².